The lowest BCUT2D eigenvalue weighted by Gasteiger charge is -2.28. The van der Waals surface area contributed by atoms with Crippen LogP contribution in [0, 0.1) is 0 Å². The standard InChI is InChI=1S/C25H24N2O6/c28-23(29)22(16-19-10-4-1-5-11-19)27(25(31)33-18-21-14-8-3-9-15-21)26-24(30)32-17-20-12-6-2-7-13-20/h1-15,22H,16-18H2,(H,26,30)(H,28,29). The molecule has 0 radical (unpaired) electrons. The highest BCUT2D eigenvalue weighted by Crippen LogP contribution is 2.12. The first-order chi connectivity index (χ1) is 16.0. The SMILES string of the molecule is O=C(NN(C(=O)OCc1ccccc1)C(Cc1ccccc1)C(=O)O)OCc1ccccc1. The van der Waals surface area contributed by atoms with Gasteiger partial charge in [0.2, 0.25) is 0 Å². The number of amides is 2. The summed E-state index contributed by atoms with van der Waals surface area (Å²) in [5.74, 6) is -1.31. The molecule has 0 bridgehead atoms. The van der Waals surface area contributed by atoms with Gasteiger partial charge in [-0.25, -0.2) is 24.8 Å². The molecule has 0 heterocycles. The van der Waals surface area contributed by atoms with E-state index in [1.165, 1.54) is 0 Å². The van der Waals surface area contributed by atoms with Gasteiger partial charge in [-0.3, -0.25) is 0 Å². The summed E-state index contributed by atoms with van der Waals surface area (Å²) >= 11 is 0. The van der Waals surface area contributed by atoms with Crippen LogP contribution in [0.2, 0.25) is 0 Å². The number of carboxylic acids is 1. The van der Waals surface area contributed by atoms with Gasteiger partial charge >= 0.3 is 18.2 Å². The first kappa shape index (κ1) is 23.3. The summed E-state index contributed by atoms with van der Waals surface area (Å²) in [6, 6.07) is 25.2. The van der Waals surface area contributed by atoms with E-state index in [1.807, 2.05) is 12.1 Å². The Kier molecular flexibility index (Phi) is 8.41. The smallest absolute Gasteiger partial charge is 0.429 e. The van der Waals surface area contributed by atoms with Crippen molar-refractivity contribution in [2.24, 2.45) is 0 Å². The molecule has 3 aromatic rings. The second-order valence-electron chi connectivity index (χ2n) is 7.13. The normalized spacial score (nSPS) is 11.2. The predicted octanol–water partition coefficient (Wildman–Crippen LogP) is 4.16. The van der Waals surface area contributed by atoms with Gasteiger partial charge in [0.05, 0.1) is 0 Å². The summed E-state index contributed by atoms with van der Waals surface area (Å²) in [6.07, 6.45) is -2.04. The summed E-state index contributed by atoms with van der Waals surface area (Å²) in [7, 11) is 0. The lowest BCUT2D eigenvalue weighted by atomic mass is 10.1. The van der Waals surface area contributed by atoms with E-state index in [-0.39, 0.29) is 19.6 Å². The van der Waals surface area contributed by atoms with Crippen LogP contribution in [0.4, 0.5) is 9.59 Å². The summed E-state index contributed by atoms with van der Waals surface area (Å²) in [4.78, 5) is 37.3. The van der Waals surface area contributed by atoms with E-state index in [1.54, 1.807) is 78.9 Å². The van der Waals surface area contributed by atoms with Gasteiger partial charge in [0.25, 0.3) is 0 Å². The minimum Gasteiger partial charge on any atom is -0.480 e. The fourth-order valence-corrected chi connectivity index (χ4v) is 3.02. The van der Waals surface area contributed by atoms with E-state index in [9.17, 15) is 19.5 Å². The maximum absolute atomic E-state index is 12.8. The quantitative estimate of drug-likeness (QED) is 0.502. The molecule has 8 nitrogen and oxygen atoms in total. The third-order valence-corrected chi connectivity index (χ3v) is 4.69. The molecule has 170 valence electrons. The summed E-state index contributed by atoms with van der Waals surface area (Å²) in [6.45, 7) is -0.134. The van der Waals surface area contributed by atoms with Crippen LogP contribution in [-0.2, 0) is 33.9 Å². The molecule has 0 saturated heterocycles. The number of hydrogen-bond donors (Lipinski definition) is 2. The third-order valence-electron chi connectivity index (χ3n) is 4.69. The molecule has 1 atom stereocenters. The van der Waals surface area contributed by atoms with E-state index >= 15 is 0 Å². The number of rotatable bonds is 8. The number of benzene rings is 3. The van der Waals surface area contributed by atoms with Crippen LogP contribution < -0.4 is 5.43 Å². The van der Waals surface area contributed by atoms with Gasteiger partial charge in [0, 0.05) is 6.42 Å². The highest BCUT2D eigenvalue weighted by Gasteiger charge is 2.33. The number of carbonyl (C=O) groups excluding carboxylic acids is 2. The van der Waals surface area contributed by atoms with Crippen molar-refractivity contribution in [3.05, 3.63) is 108 Å². The summed E-state index contributed by atoms with van der Waals surface area (Å²) < 4.78 is 10.4. The molecule has 0 aliphatic rings. The number of carboxylic acid groups (broad SMARTS) is 1. The van der Waals surface area contributed by atoms with Crippen LogP contribution in [0.3, 0.4) is 0 Å². The van der Waals surface area contributed by atoms with Crippen molar-refractivity contribution in [3.8, 4) is 0 Å². The Morgan fingerprint density at radius 1 is 0.727 bits per heavy atom. The number of ether oxygens (including phenoxy) is 2. The minimum atomic E-state index is -1.42. The fourth-order valence-electron chi connectivity index (χ4n) is 3.02. The number of nitrogens with zero attached hydrogens (tertiary/aromatic N) is 1. The van der Waals surface area contributed by atoms with E-state index in [0.717, 1.165) is 5.56 Å². The van der Waals surface area contributed by atoms with Gasteiger partial charge in [-0.15, -0.1) is 0 Å². The second kappa shape index (κ2) is 11.9. The zero-order valence-electron chi connectivity index (χ0n) is 17.8. The van der Waals surface area contributed by atoms with E-state index in [0.29, 0.717) is 16.1 Å². The molecule has 0 aromatic heterocycles. The van der Waals surface area contributed by atoms with Crippen LogP contribution in [0.1, 0.15) is 16.7 Å². The molecular formula is C25H24N2O6. The van der Waals surface area contributed by atoms with Gasteiger partial charge in [0.1, 0.15) is 13.2 Å². The van der Waals surface area contributed by atoms with Crippen LogP contribution in [0.5, 0.6) is 0 Å². The third kappa shape index (κ3) is 7.39. The van der Waals surface area contributed by atoms with Crippen molar-refractivity contribution >= 4 is 18.2 Å². The Balaban J connectivity index is 1.73. The van der Waals surface area contributed by atoms with Crippen LogP contribution >= 0.6 is 0 Å². The largest absolute Gasteiger partial charge is 0.480 e. The van der Waals surface area contributed by atoms with Crippen LogP contribution in [0.25, 0.3) is 0 Å². The predicted molar refractivity (Wildman–Crippen MR) is 120 cm³/mol. The summed E-state index contributed by atoms with van der Waals surface area (Å²) in [5.41, 5.74) is 4.37. The zero-order valence-corrected chi connectivity index (χ0v) is 17.8. The Labute approximate surface area is 191 Å². The molecule has 1 unspecified atom stereocenters. The molecule has 3 rings (SSSR count). The molecule has 2 N–H and O–H groups in total. The van der Waals surface area contributed by atoms with Crippen molar-refractivity contribution in [2.75, 3.05) is 0 Å². The highest BCUT2D eigenvalue weighted by atomic mass is 16.6. The van der Waals surface area contributed by atoms with Gasteiger partial charge in [-0.2, -0.15) is 0 Å². The number of carbonyl (C=O) groups is 3. The number of hydrogen-bond acceptors (Lipinski definition) is 5. The summed E-state index contributed by atoms with van der Waals surface area (Å²) in [5, 5.41) is 10.5. The topological polar surface area (TPSA) is 105 Å². The lowest BCUT2D eigenvalue weighted by molar-refractivity contribution is -0.143. The molecule has 33 heavy (non-hydrogen) atoms. The molecule has 0 aliphatic carbocycles. The van der Waals surface area contributed by atoms with Crippen molar-refractivity contribution in [1.82, 2.24) is 10.4 Å². The lowest BCUT2D eigenvalue weighted by Crippen LogP contribution is -2.55. The van der Waals surface area contributed by atoms with Gasteiger partial charge in [0.15, 0.2) is 6.04 Å². The minimum absolute atomic E-state index is 0.0456. The molecule has 3 aromatic carbocycles. The van der Waals surface area contributed by atoms with Crippen molar-refractivity contribution in [3.63, 3.8) is 0 Å². The van der Waals surface area contributed by atoms with Crippen LogP contribution in [0.15, 0.2) is 91.0 Å². The molecule has 2 amide bonds. The molecular weight excluding hydrogens is 424 g/mol. The molecule has 0 spiro atoms. The van der Waals surface area contributed by atoms with Gasteiger partial charge in [-0.1, -0.05) is 91.0 Å². The average molecular weight is 448 g/mol. The molecule has 0 fully saturated rings. The highest BCUT2D eigenvalue weighted by molar-refractivity contribution is 5.82. The van der Waals surface area contributed by atoms with Crippen molar-refractivity contribution < 1.29 is 29.0 Å². The van der Waals surface area contributed by atoms with Gasteiger partial charge < -0.3 is 14.6 Å². The van der Waals surface area contributed by atoms with Crippen molar-refractivity contribution in [1.29, 1.82) is 0 Å². The number of aliphatic carboxylic acids is 1. The van der Waals surface area contributed by atoms with Crippen LogP contribution in [-0.4, -0.2) is 34.3 Å². The first-order valence-electron chi connectivity index (χ1n) is 10.3. The van der Waals surface area contributed by atoms with E-state index in [4.69, 9.17) is 9.47 Å². The average Bonchev–Trinajstić information content (AvgIpc) is 2.85. The number of hydrazine groups is 1. The van der Waals surface area contributed by atoms with E-state index in [2.05, 4.69) is 5.43 Å². The maximum atomic E-state index is 12.8. The monoisotopic (exact) mass is 448 g/mol. The maximum Gasteiger partial charge on any atom is 0.429 e. The Bertz CT molecular complexity index is 1040. The Morgan fingerprint density at radius 3 is 1.67 bits per heavy atom. The Hall–Kier alpha value is -4.33. The number of nitrogens with one attached hydrogen (secondary N) is 1. The first-order valence-corrected chi connectivity index (χ1v) is 10.3. The molecule has 0 saturated carbocycles. The van der Waals surface area contributed by atoms with E-state index < -0.39 is 24.2 Å². The van der Waals surface area contributed by atoms with Gasteiger partial charge in [-0.05, 0) is 16.7 Å². The molecule has 8 heteroatoms. The zero-order chi connectivity index (χ0) is 23.5. The Morgan fingerprint density at radius 2 is 1.18 bits per heavy atom. The van der Waals surface area contributed by atoms with Crippen molar-refractivity contribution in [2.45, 2.75) is 25.7 Å². The fraction of sp³-hybridized carbons (Fsp3) is 0.160. The molecule has 0 aliphatic heterocycles. The second-order valence-corrected chi connectivity index (χ2v) is 7.13.